The molecular formula is C10H19N3OS. The maximum Gasteiger partial charge on any atom is 0.0965 e. The quantitative estimate of drug-likeness (QED) is 0.726. The van der Waals surface area contributed by atoms with E-state index in [1.54, 1.807) is 18.4 Å². The number of nitrogens with two attached hydrogens (primary N) is 1. The number of hydrogen-bond donors (Lipinski definition) is 2. The van der Waals surface area contributed by atoms with Crippen LogP contribution in [0.5, 0.6) is 0 Å². The number of thiazole rings is 1. The molecule has 0 fully saturated rings. The number of aromatic nitrogens is 1. The highest BCUT2D eigenvalue weighted by molar-refractivity contribution is 7.09. The van der Waals surface area contributed by atoms with Crippen molar-refractivity contribution in [2.75, 3.05) is 26.8 Å². The molecule has 5 heteroatoms. The predicted molar refractivity (Wildman–Crippen MR) is 63.3 cm³/mol. The average Bonchev–Trinajstić information content (AvgIpc) is 2.70. The van der Waals surface area contributed by atoms with Crippen molar-refractivity contribution in [1.82, 2.24) is 10.3 Å². The van der Waals surface area contributed by atoms with Gasteiger partial charge in [-0.05, 0) is 0 Å². The molecule has 0 aromatic carbocycles. The third kappa shape index (κ3) is 4.70. The first kappa shape index (κ1) is 12.6. The van der Waals surface area contributed by atoms with Crippen LogP contribution in [0.4, 0.5) is 0 Å². The van der Waals surface area contributed by atoms with Crippen LogP contribution in [0.2, 0.25) is 0 Å². The summed E-state index contributed by atoms with van der Waals surface area (Å²) >= 11 is 1.69. The first-order valence-corrected chi connectivity index (χ1v) is 5.96. The van der Waals surface area contributed by atoms with Crippen LogP contribution in [0.3, 0.4) is 0 Å². The summed E-state index contributed by atoms with van der Waals surface area (Å²) in [7, 11) is 1.66. The summed E-state index contributed by atoms with van der Waals surface area (Å²) in [6.07, 6.45) is 1.84. The molecule has 0 saturated heterocycles. The molecule has 1 aromatic rings. The summed E-state index contributed by atoms with van der Waals surface area (Å²) in [5.74, 6) is 0.444. The van der Waals surface area contributed by atoms with E-state index in [0.717, 1.165) is 13.1 Å². The number of ether oxygens (including phenoxy) is 1. The zero-order chi connectivity index (χ0) is 11.1. The highest BCUT2D eigenvalue weighted by Gasteiger charge is 2.08. The van der Waals surface area contributed by atoms with Crippen LogP contribution in [0.1, 0.15) is 17.8 Å². The zero-order valence-electron chi connectivity index (χ0n) is 9.27. The normalized spacial score (nSPS) is 15.1. The molecule has 0 aliphatic heterocycles. The second-order valence-corrected chi connectivity index (χ2v) is 4.57. The lowest BCUT2D eigenvalue weighted by Gasteiger charge is -2.14. The van der Waals surface area contributed by atoms with Gasteiger partial charge in [-0.15, -0.1) is 11.3 Å². The van der Waals surface area contributed by atoms with E-state index < -0.39 is 0 Å². The molecule has 4 nitrogen and oxygen atoms in total. The molecule has 0 amide bonds. The third-order valence-corrected chi connectivity index (χ3v) is 3.12. The molecule has 0 spiro atoms. The lowest BCUT2D eigenvalue weighted by molar-refractivity contribution is 0.179. The molecule has 0 aliphatic rings. The lowest BCUT2D eigenvalue weighted by Crippen LogP contribution is -2.38. The topological polar surface area (TPSA) is 60.2 Å². The third-order valence-electron chi connectivity index (χ3n) is 2.11. The fourth-order valence-electron chi connectivity index (χ4n) is 1.32. The van der Waals surface area contributed by atoms with Crippen LogP contribution in [-0.2, 0) is 4.74 Å². The van der Waals surface area contributed by atoms with E-state index in [1.807, 2.05) is 11.6 Å². The molecule has 0 saturated carbocycles. The fraction of sp³-hybridized carbons (Fsp3) is 0.700. The van der Waals surface area contributed by atoms with Gasteiger partial charge in [-0.3, -0.25) is 0 Å². The summed E-state index contributed by atoms with van der Waals surface area (Å²) in [6, 6.07) is 0.0681. The van der Waals surface area contributed by atoms with Gasteiger partial charge < -0.3 is 15.8 Å². The SMILES string of the molecule is COCC(N)CNCC(C)c1nccs1. The Morgan fingerprint density at radius 2 is 2.40 bits per heavy atom. The first-order valence-electron chi connectivity index (χ1n) is 5.08. The van der Waals surface area contributed by atoms with Crippen molar-refractivity contribution >= 4 is 11.3 Å². The zero-order valence-corrected chi connectivity index (χ0v) is 10.1. The Hall–Kier alpha value is -0.490. The van der Waals surface area contributed by atoms with E-state index in [9.17, 15) is 0 Å². The van der Waals surface area contributed by atoms with Gasteiger partial charge in [0.1, 0.15) is 0 Å². The maximum absolute atomic E-state index is 5.79. The van der Waals surface area contributed by atoms with Crippen molar-refractivity contribution in [3.05, 3.63) is 16.6 Å². The average molecular weight is 229 g/mol. The van der Waals surface area contributed by atoms with Crippen LogP contribution >= 0.6 is 11.3 Å². The van der Waals surface area contributed by atoms with Crippen LogP contribution in [0.15, 0.2) is 11.6 Å². The fourth-order valence-corrected chi connectivity index (χ4v) is 2.02. The van der Waals surface area contributed by atoms with E-state index in [0.29, 0.717) is 12.5 Å². The summed E-state index contributed by atoms with van der Waals surface area (Å²) in [6.45, 7) is 4.45. The van der Waals surface area contributed by atoms with Gasteiger partial charge in [0.05, 0.1) is 11.6 Å². The van der Waals surface area contributed by atoms with E-state index in [2.05, 4.69) is 17.2 Å². The van der Waals surface area contributed by atoms with Crippen molar-refractivity contribution in [2.24, 2.45) is 5.73 Å². The lowest BCUT2D eigenvalue weighted by atomic mass is 10.2. The number of methoxy groups -OCH3 is 1. The Kier molecular flexibility index (Phi) is 5.78. The van der Waals surface area contributed by atoms with E-state index in [4.69, 9.17) is 10.5 Å². The molecule has 2 atom stereocenters. The van der Waals surface area contributed by atoms with Crippen molar-refractivity contribution < 1.29 is 4.74 Å². The van der Waals surface area contributed by atoms with Crippen molar-refractivity contribution in [3.63, 3.8) is 0 Å². The summed E-state index contributed by atoms with van der Waals surface area (Å²) in [4.78, 5) is 4.27. The van der Waals surface area contributed by atoms with Crippen LogP contribution in [0, 0.1) is 0 Å². The standard InChI is InChI=1S/C10H19N3OS/c1-8(10-13-3-4-15-10)5-12-6-9(11)7-14-2/h3-4,8-9,12H,5-7,11H2,1-2H3. The smallest absolute Gasteiger partial charge is 0.0965 e. The van der Waals surface area contributed by atoms with E-state index in [1.165, 1.54) is 5.01 Å². The molecule has 1 rings (SSSR count). The molecule has 86 valence electrons. The highest BCUT2D eigenvalue weighted by Crippen LogP contribution is 2.16. The second-order valence-electron chi connectivity index (χ2n) is 3.65. The number of nitrogens with one attached hydrogen (secondary N) is 1. The maximum atomic E-state index is 5.79. The van der Waals surface area contributed by atoms with Crippen LogP contribution in [0.25, 0.3) is 0 Å². The van der Waals surface area contributed by atoms with Crippen molar-refractivity contribution in [1.29, 1.82) is 0 Å². The molecule has 3 N–H and O–H groups in total. The second kappa shape index (κ2) is 6.90. The molecule has 0 radical (unpaired) electrons. The van der Waals surface area contributed by atoms with Gasteiger partial charge in [0.25, 0.3) is 0 Å². The first-order chi connectivity index (χ1) is 7.24. The summed E-state index contributed by atoms with van der Waals surface area (Å²) in [5, 5.41) is 6.49. The molecule has 0 bridgehead atoms. The minimum Gasteiger partial charge on any atom is -0.383 e. The molecule has 2 unspecified atom stereocenters. The molecule has 0 aliphatic carbocycles. The minimum absolute atomic E-state index is 0.0681. The Labute approximate surface area is 94.8 Å². The van der Waals surface area contributed by atoms with Gasteiger partial charge in [-0.25, -0.2) is 4.98 Å². The van der Waals surface area contributed by atoms with Gasteiger partial charge in [0, 0.05) is 43.7 Å². The number of nitrogens with zero attached hydrogens (tertiary/aromatic N) is 1. The number of rotatable bonds is 7. The molecule has 1 aromatic heterocycles. The predicted octanol–water partition coefficient (Wildman–Crippen LogP) is 0.810. The molecule has 1 heterocycles. The molecular weight excluding hydrogens is 210 g/mol. The van der Waals surface area contributed by atoms with Gasteiger partial charge in [-0.2, -0.15) is 0 Å². The summed E-state index contributed by atoms with van der Waals surface area (Å²) in [5.41, 5.74) is 5.79. The Bertz CT molecular complexity index is 253. The monoisotopic (exact) mass is 229 g/mol. The largest absolute Gasteiger partial charge is 0.383 e. The van der Waals surface area contributed by atoms with Gasteiger partial charge in [-0.1, -0.05) is 6.92 Å². The van der Waals surface area contributed by atoms with Crippen LogP contribution < -0.4 is 11.1 Å². The highest BCUT2D eigenvalue weighted by atomic mass is 32.1. The van der Waals surface area contributed by atoms with E-state index >= 15 is 0 Å². The van der Waals surface area contributed by atoms with Gasteiger partial charge in [0.2, 0.25) is 0 Å². The Balaban J connectivity index is 2.15. The van der Waals surface area contributed by atoms with E-state index in [-0.39, 0.29) is 6.04 Å². The summed E-state index contributed by atoms with van der Waals surface area (Å²) < 4.78 is 4.96. The number of hydrogen-bond acceptors (Lipinski definition) is 5. The Morgan fingerprint density at radius 3 is 3.00 bits per heavy atom. The van der Waals surface area contributed by atoms with Gasteiger partial charge in [0.15, 0.2) is 0 Å². The minimum atomic E-state index is 0.0681. The Morgan fingerprint density at radius 1 is 1.60 bits per heavy atom. The van der Waals surface area contributed by atoms with Crippen LogP contribution in [-0.4, -0.2) is 37.8 Å². The van der Waals surface area contributed by atoms with Gasteiger partial charge >= 0.3 is 0 Å². The molecule has 15 heavy (non-hydrogen) atoms. The van der Waals surface area contributed by atoms with Crippen molar-refractivity contribution in [3.8, 4) is 0 Å². The van der Waals surface area contributed by atoms with Crippen molar-refractivity contribution in [2.45, 2.75) is 18.9 Å².